The number of benzene rings is 3. The highest BCUT2D eigenvalue weighted by molar-refractivity contribution is 5.56. The highest BCUT2D eigenvalue weighted by atomic mass is 16.3. The molecule has 0 aliphatic carbocycles. The van der Waals surface area contributed by atoms with Crippen LogP contribution in [0.15, 0.2) is 78.9 Å². The third-order valence-electron chi connectivity index (χ3n) is 7.62. The standard InChI is InChI=1S/C35H50N2O/c1-5-9-26-36(27-10-6-2)33-22-18-31(19-23-33)35(38,30-16-14-13-15-17-30)32-20-24-34(25-21-32)37(28-11-7-3)29-12-8-4/h13-25,38H,5-12,26-29H2,1-4H3. The van der Waals surface area contributed by atoms with Crippen molar-refractivity contribution in [3.8, 4) is 0 Å². The van der Waals surface area contributed by atoms with Gasteiger partial charge in [-0.1, -0.05) is 108 Å². The van der Waals surface area contributed by atoms with Crippen LogP contribution in [-0.2, 0) is 5.60 Å². The SMILES string of the molecule is CCCCN(CCCC)c1ccc(C(O)(c2ccccc2)c2ccc(N(CCCC)CCCC)cc2)cc1. The largest absolute Gasteiger partial charge is 0.376 e. The van der Waals surface area contributed by atoms with Gasteiger partial charge in [-0.15, -0.1) is 0 Å². The third-order valence-corrected chi connectivity index (χ3v) is 7.62. The van der Waals surface area contributed by atoms with Gasteiger partial charge in [0, 0.05) is 37.6 Å². The monoisotopic (exact) mass is 514 g/mol. The summed E-state index contributed by atoms with van der Waals surface area (Å²) in [6, 6.07) is 27.4. The molecule has 0 aliphatic rings. The van der Waals surface area contributed by atoms with Crippen LogP contribution < -0.4 is 9.80 Å². The number of unbranched alkanes of at least 4 members (excludes halogenated alkanes) is 4. The molecule has 0 aromatic heterocycles. The van der Waals surface area contributed by atoms with Gasteiger partial charge in [0.25, 0.3) is 0 Å². The van der Waals surface area contributed by atoms with Crippen LogP contribution in [0.5, 0.6) is 0 Å². The summed E-state index contributed by atoms with van der Waals surface area (Å²) in [4.78, 5) is 4.99. The van der Waals surface area contributed by atoms with E-state index >= 15 is 0 Å². The lowest BCUT2D eigenvalue weighted by molar-refractivity contribution is 0.126. The van der Waals surface area contributed by atoms with Gasteiger partial charge in [0.05, 0.1) is 0 Å². The lowest BCUT2D eigenvalue weighted by atomic mass is 9.80. The molecular formula is C35H50N2O. The molecule has 0 unspecified atom stereocenters. The molecule has 3 rings (SSSR count). The second kappa shape index (κ2) is 15.6. The molecule has 0 fully saturated rings. The van der Waals surface area contributed by atoms with Crippen LogP contribution in [0.3, 0.4) is 0 Å². The molecule has 38 heavy (non-hydrogen) atoms. The first kappa shape index (κ1) is 29.8. The molecule has 0 radical (unpaired) electrons. The maximum absolute atomic E-state index is 12.4. The van der Waals surface area contributed by atoms with Crippen molar-refractivity contribution in [2.24, 2.45) is 0 Å². The van der Waals surface area contributed by atoms with E-state index in [1.54, 1.807) is 0 Å². The van der Waals surface area contributed by atoms with Crippen molar-refractivity contribution in [1.82, 2.24) is 0 Å². The van der Waals surface area contributed by atoms with Crippen LogP contribution in [-0.4, -0.2) is 31.3 Å². The zero-order valence-corrected chi connectivity index (χ0v) is 24.3. The number of aliphatic hydroxyl groups is 1. The average molecular weight is 515 g/mol. The summed E-state index contributed by atoms with van der Waals surface area (Å²) in [5.41, 5.74) is 3.96. The van der Waals surface area contributed by atoms with Gasteiger partial charge in [-0.2, -0.15) is 0 Å². The zero-order valence-electron chi connectivity index (χ0n) is 24.3. The maximum Gasteiger partial charge on any atom is 0.140 e. The summed E-state index contributed by atoms with van der Waals surface area (Å²) in [6.07, 6.45) is 9.55. The van der Waals surface area contributed by atoms with Crippen molar-refractivity contribution in [2.45, 2.75) is 84.7 Å². The van der Waals surface area contributed by atoms with Crippen LogP contribution >= 0.6 is 0 Å². The molecule has 0 saturated heterocycles. The first-order chi connectivity index (χ1) is 18.6. The predicted molar refractivity (Wildman–Crippen MR) is 165 cm³/mol. The smallest absolute Gasteiger partial charge is 0.140 e. The minimum atomic E-state index is -1.21. The quantitative estimate of drug-likeness (QED) is 0.182. The Morgan fingerprint density at radius 3 is 1.11 bits per heavy atom. The molecule has 0 spiro atoms. The Bertz CT molecular complexity index is 950. The van der Waals surface area contributed by atoms with E-state index < -0.39 is 5.60 Å². The fourth-order valence-electron chi connectivity index (χ4n) is 5.14. The first-order valence-corrected chi connectivity index (χ1v) is 15.1. The molecule has 3 aromatic rings. The average Bonchev–Trinajstić information content (AvgIpc) is 2.97. The second-order valence-electron chi connectivity index (χ2n) is 10.6. The van der Waals surface area contributed by atoms with Crippen LogP contribution in [0.1, 0.15) is 95.8 Å². The molecule has 206 valence electrons. The zero-order chi connectivity index (χ0) is 27.2. The molecule has 0 atom stereocenters. The van der Waals surface area contributed by atoms with E-state index in [1.165, 1.54) is 62.7 Å². The molecular weight excluding hydrogens is 464 g/mol. The van der Waals surface area contributed by atoms with Crippen LogP contribution in [0.4, 0.5) is 11.4 Å². The van der Waals surface area contributed by atoms with Gasteiger partial charge < -0.3 is 14.9 Å². The van der Waals surface area contributed by atoms with Gasteiger partial charge in [-0.25, -0.2) is 0 Å². The summed E-state index contributed by atoms with van der Waals surface area (Å²) >= 11 is 0. The van der Waals surface area contributed by atoms with Gasteiger partial charge in [-0.05, 0) is 66.6 Å². The normalized spacial score (nSPS) is 11.5. The second-order valence-corrected chi connectivity index (χ2v) is 10.6. The third kappa shape index (κ3) is 7.63. The topological polar surface area (TPSA) is 26.7 Å². The lowest BCUT2D eigenvalue weighted by Gasteiger charge is -2.32. The van der Waals surface area contributed by atoms with Crippen LogP contribution in [0.25, 0.3) is 0 Å². The van der Waals surface area contributed by atoms with Crippen LogP contribution in [0.2, 0.25) is 0 Å². The Labute approximate surface area is 232 Å². The minimum absolute atomic E-state index is 0.892. The lowest BCUT2D eigenvalue weighted by Crippen LogP contribution is -2.30. The summed E-state index contributed by atoms with van der Waals surface area (Å²) in [7, 11) is 0. The Morgan fingerprint density at radius 2 is 0.789 bits per heavy atom. The maximum atomic E-state index is 12.4. The minimum Gasteiger partial charge on any atom is -0.376 e. The van der Waals surface area contributed by atoms with E-state index in [0.717, 1.165) is 42.9 Å². The molecule has 1 N–H and O–H groups in total. The molecule has 0 saturated carbocycles. The Kier molecular flexibility index (Phi) is 12.2. The number of anilines is 2. The van der Waals surface area contributed by atoms with Crippen molar-refractivity contribution in [1.29, 1.82) is 0 Å². The van der Waals surface area contributed by atoms with Gasteiger partial charge in [0.15, 0.2) is 0 Å². The molecule has 0 amide bonds. The van der Waals surface area contributed by atoms with E-state index in [1.807, 2.05) is 30.3 Å². The molecule has 0 aliphatic heterocycles. The fraction of sp³-hybridized carbons (Fsp3) is 0.486. The van der Waals surface area contributed by atoms with E-state index in [2.05, 4.69) is 86.0 Å². The predicted octanol–water partition coefficient (Wildman–Crippen LogP) is 8.78. The van der Waals surface area contributed by atoms with Gasteiger partial charge in [0.2, 0.25) is 0 Å². The van der Waals surface area contributed by atoms with Crippen molar-refractivity contribution < 1.29 is 5.11 Å². The van der Waals surface area contributed by atoms with Gasteiger partial charge >= 0.3 is 0 Å². The van der Waals surface area contributed by atoms with Crippen LogP contribution in [0, 0.1) is 0 Å². The Hall–Kier alpha value is -2.78. The van der Waals surface area contributed by atoms with Crippen molar-refractivity contribution in [3.63, 3.8) is 0 Å². The van der Waals surface area contributed by atoms with Crippen molar-refractivity contribution in [3.05, 3.63) is 95.6 Å². The highest BCUT2D eigenvalue weighted by Crippen LogP contribution is 2.38. The molecule has 0 bridgehead atoms. The van der Waals surface area contributed by atoms with Crippen molar-refractivity contribution >= 4 is 11.4 Å². The number of nitrogens with zero attached hydrogens (tertiary/aromatic N) is 2. The fourth-order valence-corrected chi connectivity index (χ4v) is 5.14. The van der Waals surface area contributed by atoms with Gasteiger partial charge in [0.1, 0.15) is 5.60 Å². The van der Waals surface area contributed by atoms with Gasteiger partial charge in [-0.3, -0.25) is 0 Å². The number of hydrogen-bond acceptors (Lipinski definition) is 3. The number of hydrogen-bond donors (Lipinski definition) is 1. The summed E-state index contributed by atoms with van der Waals surface area (Å²) in [5.74, 6) is 0. The summed E-state index contributed by atoms with van der Waals surface area (Å²) in [5, 5.41) is 12.4. The molecule has 3 aromatic carbocycles. The summed E-state index contributed by atoms with van der Waals surface area (Å²) in [6.45, 7) is 13.3. The Morgan fingerprint density at radius 1 is 0.474 bits per heavy atom. The summed E-state index contributed by atoms with van der Waals surface area (Å²) < 4.78 is 0. The molecule has 3 nitrogen and oxygen atoms in total. The molecule has 3 heteroatoms. The van der Waals surface area contributed by atoms with E-state index in [0.29, 0.717) is 0 Å². The Balaban J connectivity index is 1.96. The number of rotatable bonds is 17. The van der Waals surface area contributed by atoms with E-state index in [-0.39, 0.29) is 0 Å². The first-order valence-electron chi connectivity index (χ1n) is 15.1. The highest BCUT2D eigenvalue weighted by Gasteiger charge is 2.34. The van der Waals surface area contributed by atoms with E-state index in [9.17, 15) is 5.11 Å². The van der Waals surface area contributed by atoms with E-state index in [4.69, 9.17) is 0 Å². The van der Waals surface area contributed by atoms with Crippen molar-refractivity contribution in [2.75, 3.05) is 36.0 Å². The molecule has 0 heterocycles.